The van der Waals surface area contributed by atoms with E-state index in [1.165, 1.54) is 0 Å². The molecule has 1 aliphatic heterocycles. The van der Waals surface area contributed by atoms with E-state index in [9.17, 15) is 4.79 Å². The smallest absolute Gasteiger partial charge is 0.246 e. The largest absolute Gasteiger partial charge is 0.491 e. The number of hydrogen-bond donors (Lipinski definition) is 2. The summed E-state index contributed by atoms with van der Waals surface area (Å²) in [6.45, 7) is 5.24. The van der Waals surface area contributed by atoms with Gasteiger partial charge in [-0.1, -0.05) is 18.2 Å². The summed E-state index contributed by atoms with van der Waals surface area (Å²) in [6.07, 6.45) is 2.38. The molecule has 1 amide bonds. The van der Waals surface area contributed by atoms with Crippen molar-refractivity contribution in [2.24, 2.45) is 0 Å². The average Bonchev–Trinajstić information content (AvgIpc) is 3.16. The minimum Gasteiger partial charge on any atom is -0.491 e. The Morgan fingerprint density at radius 2 is 2.00 bits per heavy atom. The predicted molar refractivity (Wildman–Crippen MR) is 104 cm³/mol. The van der Waals surface area contributed by atoms with E-state index >= 15 is 0 Å². The second kappa shape index (κ2) is 8.72. The highest BCUT2D eigenvalue weighted by Crippen LogP contribution is 2.19. The Morgan fingerprint density at radius 1 is 1.23 bits per heavy atom. The summed E-state index contributed by atoms with van der Waals surface area (Å²) in [4.78, 5) is 12.4. The molecule has 0 radical (unpaired) electrons. The van der Waals surface area contributed by atoms with E-state index in [1.54, 1.807) is 0 Å². The second-order valence-corrected chi connectivity index (χ2v) is 6.64. The number of rotatable bonds is 7. The van der Waals surface area contributed by atoms with Gasteiger partial charge in [0.05, 0.1) is 6.10 Å². The standard InChI is InChI=1S/C21H26N2O3/c1-15-6-3-4-8-20(15)23-21(24)16(2)22-17-9-11-18(12-10-17)26-14-19-7-5-13-25-19/h3-4,6,8-12,16,19,22H,5,7,13-14H2,1-2H3,(H,23,24). The first-order valence-corrected chi connectivity index (χ1v) is 9.09. The minimum absolute atomic E-state index is 0.0713. The molecule has 0 aliphatic carbocycles. The molecule has 138 valence electrons. The van der Waals surface area contributed by atoms with Crippen molar-refractivity contribution in [1.82, 2.24) is 0 Å². The van der Waals surface area contributed by atoms with Crippen molar-refractivity contribution < 1.29 is 14.3 Å². The monoisotopic (exact) mass is 354 g/mol. The van der Waals surface area contributed by atoms with E-state index in [0.29, 0.717) is 6.61 Å². The van der Waals surface area contributed by atoms with Gasteiger partial charge in [0.15, 0.2) is 0 Å². The molecule has 1 heterocycles. The van der Waals surface area contributed by atoms with Crippen molar-refractivity contribution in [3.05, 3.63) is 54.1 Å². The molecule has 3 rings (SSSR count). The number of carbonyl (C=O) groups is 1. The van der Waals surface area contributed by atoms with Gasteiger partial charge in [0.1, 0.15) is 18.4 Å². The van der Waals surface area contributed by atoms with Gasteiger partial charge in [0.25, 0.3) is 0 Å². The number of ether oxygens (including phenoxy) is 2. The van der Waals surface area contributed by atoms with Crippen LogP contribution in [0.5, 0.6) is 5.75 Å². The van der Waals surface area contributed by atoms with Gasteiger partial charge in [-0.3, -0.25) is 4.79 Å². The Balaban J connectivity index is 1.49. The zero-order chi connectivity index (χ0) is 18.4. The molecular formula is C21H26N2O3. The zero-order valence-electron chi connectivity index (χ0n) is 15.3. The zero-order valence-corrected chi connectivity index (χ0v) is 15.3. The van der Waals surface area contributed by atoms with E-state index in [0.717, 1.165) is 42.1 Å². The number of anilines is 2. The number of para-hydroxylation sites is 1. The third-order valence-corrected chi connectivity index (χ3v) is 4.49. The van der Waals surface area contributed by atoms with Crippen LogP contribution in [0.25, 0.3) is 0 Å². The van der Waals surface area contributed by atoms with Crippen LogP contribution in [0, 0.1) is 6.92 Å². The molecule has 5 heteroatoms. The van der Waals surface area contributed by atoms with Gasteiger partial charge in [-0.15, -0.1) is 0 Å². The number of hydrogen-bond acceptors (Lipinski definition) is 4. The van der Waals surface area contributed by atoms with Gasteiger partial charge in [-0.25, -0.2) is 0 Å². The fourth-order valence-corrected chi connectivity index (χ4v) is 2.88. The molecule has 5 nitrogen and oxygen atoms in total. The maximum Gasteiger partial charge on any atom is 0.246 e. The van der Waals surface area contributed by atoms with Crippen molar-refractivity contribution in [2.45, 2.75) is 38.8 Å². The molecule has 2 aromatic carbocycles. The van der Waals surface area contributed by atoms with E-state index in [2.05, 4.69) is 10.6 Å². The lowest BCUT2D eigenvalue weighted by Crippen LogP contribution is -2.32. The summed E-state index contributed by atoms with van der Waals surface area (Å²) in [5.74, 6) is 0.737. The molecule has 1 fully saturated rings. The van der Waals surface area contributed by atoms with Crippen molar-refractivity contribution in [1.29, 1.82) is 0 Å². The SMILES string of the molecule is Cc1ccccc1NC(=O)C(C)Nc1ccc(OCC2CCCO2)cc1. The quantitative estimate of drug-likeness (QED) is 0.789. The van der Waals surface area contributed by atoms with Crippen LogP contribution >= 0.6 is 0 Å². The van der Waals surface area contributed by atoms with Gasteiger partial charge in [-0.05, 0) is 62.6 Å². The van der Waals surface area contributed by atoms with Crippen LogP contribution in [0.4, 0.5) is 11.4 Å². The van der Waals surface area contributed by atoms with Crippen molar-refractivity contribution in [2.75, 3.05) is 23.8 Å². The van der Waals surface area contributed by atoms with Gasteiger partial charge < -0.3 is 20.1 Å². The normalized spacial score (nSPS) is 17.5. The summed E-state index contributed by atoms with van der Waals surface area (Å²) in [7, 11) is 0. The first kappa shape index (κ1) is 18.3. The highest BCUT2D eigenvalue weighted by Gasteiger charge is 2.16. The lowest BCUT2D eigenvalue weighted by atomic mass is 10.2. The summed E-state index contributed by atoms with van der Waals surface area (Å²) < 4.78 is 11.3. The predicted octanol–water partition coefficient (Wildman–Crippen LogP) is 3.99. The van der Waals surface area contributed by atoms with Crippen LogP contribution < -0.4 is 15.4 Å². The Labute approximate surface area is 154 Å². The fourth-order valence-electron chi connectivity index (χ4n) is 2.88. The number of nitrogens with one attached hydrogen (secondary N) is 2. The first-order valence-electron chi connectivity index (χ1n) is 9.09. The second-order valence-electron chi connectivity index (χ2n) is 6.64. The van der Waals surface area contributed by atoms with Crippen LogP contribution in [0.2, 0.25) is 0 Å². The van der Waals surface area contributed by atoms with Crippen LogP contribution in [0.3, 0.4) is 0 Å². The average molecular weight is 354 g/mol. The third kappa shape index (κ3) is 4.99. The van der Waals surface area contributed by atoms with Gasteiger partial charge in [-0.2, -0.15) is 0 Å². The molecule has 1 aliphatic rings. The molecule has 1 saturated heterocycles. The highest BCUT2D eigenvalue weighted by molar-refractivity contribution is 5.96. The number of aryl methyl sites for hydroxylation is 1. The van der Waals surface area contributed by atoms with Crippen LogP contribution in [0.15, 0.2) is 48.5 Å². The van der Waals surface area contributed by atoms with Gasteiger partial charge >= 0.3 is 0 Å². The van der Waals surface area contributed by atoms with Gasteiger partial charge in [0, 0.05) is 18.0 Å². The molecule has 0 saturated carbocycles. The topological polar surface area (TPSA) is 59.6 Å². The molecule has 0 aromatic heterocycles. The Hall–Kier alpha value is -2.53. The van der Waals surface area contributed by atoms with Gasteiger partial charge in [0.2, 0.25) is 5.91 Å². The summed E-state index contributed by atoms with van der Waals surface area (Å²) in [5, 5.41) is 6.17. The Kier molecular flexibility index (Phi) is 6.12. The number of carbonyl (C=O) groups excluding carboxylic acids is 1. The maximum absolute atomic E-state index is 12.4. The summed E-state index contributed by atoms with van der Waals surface area (Å²) in [6, 6.07) is 15.0. The van der Waals surface area contributed by atoms with E-state index in [4.69, 9.17) is 9.47 Å². The van der Waals surface area contributed by atoms with E-state index < -0.39 is 0 Å². The molecular weight excluding hydrogens is 328 g/mol. The van der Waals surface area contributed by atoms with Crippen molar-refractivity contribution in [3.8, 4) is 5.75 Å². The van der Waals surface area contributed by atoms with Crippen LogP contribution in [-0.2, 0) is 9.53 Å². The van der Waals surface area contributed by atoms with E-state index in [-0.39, 0.29) is 18.1 Å². The molecule has 2 unspecified atom stereocenters. The lowest BCUT2D eigenvalue weighted by Gasteiger charge is -2.17. The van der Waals surface area contributed by atoms with Crippen LogP contribution in [-0.4, -0.2) is 31.3 Å². The molecule has 2 aromatic rings. The van der Waals surface area contributed by atoms with E-state index in [1.807, 2.05) is 62.4 Å². The summed E-state index contributed by atoms with van der Waals surface area (Å²) >= 11 is 0. The number of benzene rings is 2. The molecule has 0 bridgehead atoms. The van der Waals surface area contributed by atoms with Crippen molar-refractivity contribution in [3.63, 3.8) is 0 Å². The fraction of sp³-hybridized carbons (Fsp3) is 0.381. The molecule has 2 N–H and O–H groups in total. The summed E-state index contributed by atoms with van der Waals surface area (Å²) in [5.41, 5.74) is 2.76. The maximum atomic E-state index is 12.4. The molecule has 26 heavy (non-hydrogen) atoms. The molecule has 0 spiro atoms. The lowest BCUT2D eigenvalue weighted by molar-refractivity contribution is -0.116. The van der Waals surface area contributed by atoms with Crippen molar-refractivity contribution >= 4 is 17.3 Å². The van der Waals surface area contributed by atoms with Crippen LogP contribution in [0.1, 0.15) is 25.3 Å². The Bertz CT molecular complexity index is 724. The molecule has 2 atom stereocenters. The minimum atomic E-state index is -0.353. The third-order valence-electron chi connectivity index (χ3n) is 4.49. The highest BCUT2D eigenvalue weighted by atomic mass is 16.5. The Morgan fingerprint density at radius 3 is 2.69 bits per heavy atom. The number of amides is 1. The first-order chi connectivity index (χ1) is 12.6.